The number of hydrogen-bond acceptors (Lipinski definition) is 6. The van der Waals surface area contributed by atoms with E-state index in [1.165, 1.54) is 30.3 Å². The Bertz CT molecular complexity index is 1440. The summed E-state index contributed by atoms with van der Waals surface area (Å²) in [6.45, 7) is 0.116. The van der Waals surface area contributed by atoms with E-state index in [2.05, 4.69) is 9.69 Å². The first kappa shape index (κ1) is 25.5. The van der Waals surface area contributed by atoms with Crippen LogP contribution in [0.15, 0.2) is 78.9 Å². The molecule has 0 unspecified atom stereocenters. The molecule has 4 rings (SSSR count). The minimum atomic E-state index is -1.44. The molecular formula is C26H21F2N5O3S. The van der Waals surface area contributed by atoms with Crippen molar-refractivity contribution in [2.24, 2.45) is 5.73 Å². The van der Waals surface area contributed by atoms with Crippen LogP contribution in [0.3, 0.4) is 0 Å². The standard InChI is InChI=1S/C26H21F2N5O3S/c27-17-12-10-16(11-13-17)22(25(35)31-14-15-6-2-1-3-7-15)33(19-9-5-4-8-18(19)28)26(36)23-20(29)21(24(30)34)32-37-23/h1-13,22H,14,29H2,(H2,30,34)(H,31,35)/t22-/m1/s1. The number of para-hydroxylation sites is 1. The monoisotopic (exact) mass is 521 g/mol. The highest BCUT2D eigenvalue weighted by molar-refractivity contribution is 7.09. The van der Waals surface area contributed by atoms with E-state index in [9.17, 15) is 18.8 Å². The van der Waals surface area contributed by atoms with Gasteiger partial charge in [0.05, 0.1) is 11.4 Å². The van der Waals surface area contributed by atoms with E-state index < -0.39 is 35.4 Å². The van der Waals surface area contributed by atoms with Crippen molar-refractivity contribution >= 4 is 40.6 Å². The number of halogens is 2. The summed E-state index contributed by atoms with van der Waals surface area (Å²) >= 11 is 0.597. The lowest BCUT2D eigenvalue weighted by molar-refractivity contribution is -0.122. The fraction of sp³-hybridized carbons (Fsp3) is 0.0769. The molecule has 4 aromatic rings. The third-order valence-electron chi connectivity index (χ3n) is 5.49. The van der Waals surface area contributed by atoms with E-state index in [0.717, 1.165) is 28.7 Å². The third kappa shape index (κ3) is 5.46. The lowest BCUT2D eigenvalue weighted by atomic mass is 10.0. The number of nitrogens with two attached hydrogens (primary N) is 2. The molecule has 37 heavy (non-hydrogen) atoms. The molecule has 0 aliphatic carbocycles. The third-order valence-corrected chi connectivity index (χ3v) is 6.34. The highest BCUT2D eigenvalue weighted by Gasteiger charge is 2.37. The van der Waals surface area contributed by atoms with Gasteiger partial charge in [-0.1, -0.05) is 54.6 Å². The van der Waals surface area contributed by atoms with Gasteiger partial charge in [-0.3, -0.25) is 19.3 Å². The Morgan fingerprint density at radius 3 is 2.22 bits per heavy atom. The molecule has 0 saturated carbocycles. The van der Waals surface area contributed by atoms with Crippen LogP contribution in [0.25, 0.3) is 0 Å². The van der Waals surface area contributed by atoms with E-state index >= 15 is 4.39 Å². The number of carbonyl (C=O) groups excluding carboxylic acids is 3. The molecule has 0 radical (unpaired) electrons. The molecule has 5 N–H and O–H groups in total. The number of amides is 3. The predicted octanol–water partition coefficient (Wildman–Crippen LogP) is 3.81. The van der Waals surface area contributed by atoms with Gasteiger partial charge in [0.2, 0.25) is 5.91 Å². The molecule has 1 aromatic heterocycles. The number of benzene rings is 3. The van der Waals surface area contributed by atoms with Gasteiger partial charge < -0.3 is 16.8 Å². The molecule has 0 aliphatic heterocycles. The first-order valence-electron chi connectivity index (χ1n) is 11.0. The molecule has 3 amide bonds. The van der Waals surface area contributed by atoms with Crippen molar-refractivity contribution in [2.75, 3.05) is 10.6 Å². The summed E-state index contributed by atoms with van der Waals surface area (Å²) in [5, 5.41) is 2.76. The van der Waals surface area contributed by atoms with Crippen molar-refractivity contribution in [3.05, 3.63) is 112 Å². The second kappa shape index (κ2) is 11.0. The van der Waals surface area contributed by atoms with Gasteiger partial charge in [-0.05, 0) is 46.9 Å². The molecule has 0 fully saturated rings. The van der Waals surface area contributed by atoms with E-state index in [1.807, 2.05) is 6.07 Å². The van der Waals surface area contributed by atoms with Crippen LogP contribution in [0.5, 0.6) is 0 Å². The average molecular weight is 522 g/mol. The molecule has 1 atom stereocenters. The highest BCUT2D eigenvalue weighted by atomic mass is 32.1. The van der Waals surface area contributed by atoms with E-state index in [1.54, 1.807) is 24.3 Å². The highest BCUT2D eigenvalue weighted by Crippen LogP contribution is 2.34. The maximum absolute atomic E-state index is 15.1. The van der Waals surface area contributed by atoms with Crippen molar-refractivity contribution in [1.29, 1.82) is 0 Å². The van der Waals surface area contributed by atoms with Gasteiger partial charge in [0.15, 0.2) is 5.69 Å². The quantitative estimate of drug-likeness (QED) is 0.325. The maximum atomic E-state index is 15.1. The fourth-order valence-corrected chi connectivity index (χ4v) is 4.44. The number of rotatable bonds is 8. The molecule has 0 aliphatic rings. The number of primary amides is 1. The lowest BCUT2D eigenvalue weighted by Crippen LogP contribution is -2.44. The molecule has 11 heteroatoms. The van der Waals surface area contributed by atoms with Gasteiger partial charge in [0, 0.05) is 6.54 Å². The van der Waals surface area contributed by atoms with Gasteiger partial charge in [0.1, 0.15) is 22.6 Å². The minimum absolute atomic E-state index is 0.116. The van der Waals surface area contributed by atoms with Crippen LogP contribution < -0.4 is 21.7 Å². The Morgan fingerprint density at radius 2 is 1.59 bits per heavy atom. The number of nitrogens with zero attached hydrogens (tertiary/aromatic N) is 2. The predicted molar refractivity (Wildman–Crippen MR) is 136 cm³/mol. The van der Waals surface area contributed by atoms with Crippen molar-refractivity contribution in [1.82, 2.24) is 9.69 Å². The number of anilines is 2. The van der Waals surface area contributed by atoms with E-state index in [4.69, 9.17) is 11.5 Å². The summed E-state index contributed by atoms with van der Waals surface area (Å²) in [5.74, 6) is -3.85. The van der Waals surface area contributed by atoms with E-state index in [0.29, 0.717) is 11.5 Å². The Balaban J connectivity index is 1.84. The Hall–Kier alpha value is -4.64. The van der Waals surface area contributed by atoms with Crippen molar-refractivity contribution in [3.8, 4) is 0 Å². The van der Waals surface area contributed by atoms with Crippen LogP contribution in [0.1, 0.15) is 37.3 Å². The number of aromatic nitrogens is 1. The minimum Gasteiger partial charge on any atom is -0.395 e. The number of hydrogen-bond donors (Lipinski definition) is 3. The fourth-order valence-electron chi connectivity index (χ4n) is 3.70. The van der Waals surface area contributed by atoms with Gasteiger partial charge in [-0.25, -0.2) is 8.78 Å². The first-order chi connectivity index (χ1) is 17.8. The van der Waals surface area contributed by atoms with Gasteiger partial charge in [-0.2, -0.15) is 4.37 Å². The van der Waals surface area contributed by atoms with Crippen molar-refractivity contribution in [3.63, 3.8) is 0 Å². The zero-order valence-corrected chi connectivity index (χ0v) is 20.0. The second-order valence-corrected chi connectivity index (χ2v) is 8.70. The molecular weight excluding hydrogens is 500 g/mol. The van der Waals surface area contributed by atoms with Crippen LogP contribution in [0.4, 0.5) is 20.2 Å². The van der Waals surface area contributed by atoms with Crippen molar-refractivity contribution in [2.45, 2.75) is 12.6 Å². The van der Waals surface area contributed by atoms with Crippen LogP contribution in [-0.4, -0.2) is 22.1 Å². The molecule has 0 saturated heterocycles. The summed E-state index contributed by atoms with van der Waals surface area (Å²) in [5.41, 5.74) is 11.4. The SMILES string of the molecule is NC(=O)c1nsc(C(=O)N(c2ccccc2F)[C@@H](C(=O)NCc2ccccc2)c2ccc(F)cc2)c1N. The van der Waals surface area contributed by atoms with Crippen LogP contribution >= 0.6 is 11.5 Å². The molecule has 0 bridgehead atoms. The number of nitrogen functional groups attached to an aromatic ring is 1. The Kier molecular flexibility index (Phi) is 7.54. The van der Waals surface area contributed by atoms with Crippen molar-refractivity contribution < 1.29 is 23.2 Å². The Labute approximate surface area is 214 Å². The van der Waals surface area contributed by atoms with Gasteiger partial charge in [-0.15, -0.1) is 0 Å². The average Bonchev–Trinajstić information content (AvgIpc) is 3.29. The molecule has 8 nitrogen and oxygen atoms in total. The van der Waals surface area contributed by atoms with Gasteiger partial charge in [0.25, 0.3) is 11.8 Å². The van der Waals surface area contributed by atoms with Crippen LogP contribution in [0, 0.1) is 11.6 Å². The summed E-state index contributed by atoms with van der Waals surface area (Å²) in [4.78, 5) is 39.9. The maximum Gasteiger partial charge on any atom is 0.273 e. The van der Waals surface area contributed by atoms with Crippen LogP contribution in [-0.2, 0) is 11.3 Å². The normalized spacial score (nSPS) is 11.5. The number of nitrogens with one attached hydrogen (secondary N) is 1. The number of carbonyl (C=O) groups is 3. The zero-order chi connectivity index (χ0) is 26.5. The molecule has 0 spiro atoms. The Morgan fingerprint density at radius 1 is 0.946 bits per heavy atom. The molecule has 3 aromatic carbocycles. The largest absolute Gasteiger partial charge is 0.395 e. The summed E-state index contributed by atoms with van der Waals surface area (Å²) in [7, 11) is 0. The summed E-state index contributed by atoms with van der Waals surface area (Å²) in [6, 6.07) is 17.9. The molecule has 1 heterocycles. The smallest absolute Gasteiger partial charge is 0.273 e. The first-order valence-corrected chi connectivity index (χ1v) is 11.8. The van der Waals surface area contributed by atoms with E-state index in [-0.39, 0.29) is 34.1 Å². The summed E-state index contributed by atoms with van der Waals surface area (Å²) < 4.78 is 32.7. The van der Waals surface area contributed by atoms with Crippen LogP contribution in [0.2, 0.25) is 0 Å². The lowest BCUT2D eigenvalue weighted by Gasteiger charge is -2.31. The summed E-state index contributed by atoms with van der Waals surface area (Å²) in [6.07, 6.45) is 0. The zero-order valence-electron chi connectivity index (χ0n) is 19.2. The van der Waals surface area contributed by atoms with Gasteiger partial charge >= 0.3 is 0 Å². The molecule has 188 valence electrons. The second-order valence-electron chi connectivity index (χ2n) is 7.92. The topological polar surface area (TPSA) is 131 Å².